The maximum Gasteiger partial charge on any atom is 0.0127 e. The van der Waals surface area contributed by atoms with Crippen molar-refractivity contribution in [2.75, 3.05) is 5.75 Å². The predicted octanol–water partition coefficient (Wildman–Crippen LogP) is 2.47. The molecule has 0 spiro atoms. The first-order valence-corrected chi connectivity index (χ1v) is 6.48. The first kappa shape index (κ1) is 11.2. The van der Waals surface area contributed by atoms with E-state index in [1.165, 1.54) is 32.1 Å². The van der Waals surface area contributed by atoms with Gasteiger partial charge in [-0.25, -0.2) is 0 Å². The largest absolute Gasteiger partial charge is 0.772 e. The number of hydrogen-bond acceptors (Lipinski definition) is 2. The Hall–Kier alpha value is 0.110. The van der Waals surface area contributed by atoms with Crippen LogP contribution in [-0.2, 0) is 11.1 Å². The maximum atomic E-state index is 10.5. The van der Waals surface area contributed by atoms with E-state index in [-0.39, 0.29) is 0 Å². The van der Waals surface area contributed by atoms with E-state index >= 15 is 0 Å². The zero-order valence-corrected chi connectivity index (χ0v) is 9.15. The zero-order chi connectivity index (χ0) is 9.68. The molecule has 78 valence electrons. The van der Waals surface area contributed by atoms with Gasteiger partial charge < -0.3 is 4.55 Å². The van der Waals surface area contributed by atoms with Gasteiger partial charge in [-0.1, -0.05) is 50.1 Å². The average Bonchev–Trinajstić information content (AvgIpc) is 2.04. The highest BCUT2D eigenvalue weighted by Gasteiger charge is 2.16. The van der Waals surface area contributed by atoms with E-state index in [0.29, 0.717) is 11.7 Å². The molecule has 0 aromatic carbocycles. The lowest BCUT2D eigenvalue weighted by atomic mass is 9.84. The van der Waals surface area contributed by atoms with E-state index in [2.05, 4.69) is 0 Å². The second-order valence-electron chi connectivity index (χ2n) is 4.32. The third kappa shape index (κ3) is 4.77. The first-order valence-electron chi connectivity index (χ1n) is 5.24. The van der Waals surface area contributed by atoms with Gasteiger partial charge in [0.05, 0.1) is 0 Å². The minimum Gasteiger partial charge on any atom is -0.772 e. The quantitative estimate of drug-likeness (QED) is 0.658. The van der Waals surface area contributed by atoms with Crippen molar-refractivity contribution in [2.45, 2.75) is 45.4 Å². The van der Waals surface area contributed by atoms with Crippen LogP contribution >= 0.6 is 0 Å². The Morgan fingerprint density at radius 3 is 2.54 bits per heavy atom. The number of rotatable bonds is 4. The molecule has 0 bridgehead atoms. The molecule has 1 saturated carbocycles. The van der Waals surface area contributed by atoms with Crippen LogP contribution in [0.5, 0.6) is 0 Å². The SMILES string of the molecule is CC(CC1CCCCC1)CS(=O)[O-]. The van der Waals surface area contributed by atoms with Crippen LogP contribution in [0.4, 0.5) is 0 Å². The summed E-state index contributed by atoms with van der Waals surface area (Å²) in [7, 11) is 0. The van der Waals surface area contributed by atoms with Crippen LogP contribution in [0.25, 0.3) is 0 Å². The van der Waals surface area contributed by atoms with E-state index in [1.54, 1.807) is 0 Å². The average molecular weight is 203 g/mol. The van der Waals surface area contributed by atoms with Crippen LogP contribution in [0.15, 0.2) is 0 Å². The Balaban J connectivity index is 2.18. The summed E-state index contributed by atoms with van der Waals surface area (Å²) in [5.74, 6) is 1.49. The molecule has 1 aliphatic rings. The molecule has 0 radical (unpaired) electrons. The fraction of sp³-hybridized carbons (Fsp3) is 1.00. The Bertz CT molecular complexity index is 164. The summed E-state index contributed by atoms with van der Waals surface area (Å²) in [6.45, 7) is 2.05. The molecule has 0 aromatic rings. The van der Waals surface area contributed by atoms with Crippen molar-refractivity contribution in [1.29, 1.82) is 0 Å². The monoisotopic (exact) mass is 203 g/mol. The maximum absolute atomic E-state index is 10.5. The van der Waals surface area contributed by atoms with E-state index in [4.69, 9.17) is 0 Å². The molecule has 0 aliphatic heterocycles. The van der Waals surface area contributed by atoms with Gasteiger partial charge in [-0.3, -0.25) is 4.21 Å². The molecule has 0 aromatic heterocycles. The van der Waals surface area contributed by atoms with Crippen LogP contribution in [0.2, 0.25) is 0 Å². The second-order valence-corrected chi connectivity index (χ2v) is 5.26. The van der Waals surface area contributed by atoms with E-state index < -0.39 is 11.1 Å². The third-order valence-corrected chi connectivity index (χ3v) is 3.72. The van der Waals surface area contributed by atoms with Crippen molar-refractivity contribution in [3.8, 4) is 0 Å². The third-order valence-electron chi connectivity index (χ3n) is 2.88. The minimum atomic E-state index is -1.85. The van der Waals surface area contributed by atoms with Crippen LogP contribution in [0.1, 0.15) is 45.4 Å². The summed E-state index contributed by atoms with van der Waals surface area (Å²) in [5.41, 5.74) is 0. The Kier molecular flexibility index (Phi) is 4.96. The van der Waals surface area contributed by atoms with E-state index in [0.717, 1.165) is 12.3 Å². The normalized spacial score (nSPS) is 24.2. The van der Waals surface area contributed by atoms with Crippen LogP contribution < -0.4 is 0 Å². The van der Waals surface area contributed by atoms with Crippen LogP contribution in [0.3, 0.4) is 0 Å². The molecule has 0 heterocycles. The lowest BCUT2D eigenvalue weighted by molar-refractivity contribution is 0.305. The Morgan fingerprint density at radius 2 is 2.00 bits per heavy atom. The lowest BCUT2D eigenvalue weighted by Gasteiger charge is -2.24. The molecule has 0 N–H and O–H groups in total. The summed E-state index contributed by atoms with van der Waals surface area (Å²) in [6.07, 6.45) is 7.80. The fourth-order valence-electron chi connectivity index (χ4n) is 2.29. The van der Waals surface area contributed by atoms with Gasteiger partial charge in [-0.05, 0) is 18.3 Å². The highest BCUT2D eigenvalue weighted by molar-refractivity contribution is 7.79. The van der Waals surface area contributed by atoms with Crippen molar-refractivity contribution in [2.24, 2.45) is 11.8 Å². The summed E-state index contributed by atoms with van der Waals surface area (Å²) in [4.78, 5) is 0. The van der Waals surface area contributed by atoms with Gasteiger partial charge in [0.25, 0.3) is 0 Å². The standard InChI is InChI=1S/C10H20O2S/c1-9(8-13(11)12)7-10-5-3-2-4-6-10/h9-10H,2-8H2,1H3,(H,11,12)/p-1. The smallest absolute Gasteiger partial charge is 0.0127 e. The van der Waals surface area contributed by atoms with Gasteiger partial charge in [0.1, 0.15) is 0 Å². The van der Waals surface area contributed by atoms with Crippen molar-refractivity contribution in [3.63, 3.8) is 0 Å². The topological polar surface area (TPSA) is 40.1 Å². The fourth-order valence-corrected chi connectivity index (χ4v) is 2.89. The number of hydrogen-bond donors (Lipinski definition) is 0. The first-order chi connectivity index (χ1) is 6.18. The van der Waals surface area contributed by atoms with Crippen molar-refractivity contribution < 1.29 is 8.76 Å². The van der Waals surface area contributed by atoms with E-state index in [9.17, 15) is 8.76 Å². The molecule has 0 saturated heterocycles. The minimum absolute atomic E-state index is 0.344. The molecule has 1 fully saturated rings. The molecule has 2 unspecified atom stereocenters. The molecule has 13 heavy (non-hydrogen) atoms. The zero-order valence-electron chi connectivity index (χ0n) is 8.33. The highest BCUT2D eigenvalue weighted by atomic mass is 32.2. The second kappa shape index (κ2) is 5.76. The Labute approximate surface area is 83.4 Å². The molecular weight excluding hydrogens is 184 g/mol. The van der Waals surface area contributed by atoms with E-state index in [1.807, 2.05) is 6.92 Å². The molecule has 1 aliphatic carbocycles. The highest BCUT2D eigenvalue weighted by Crippen LogP contribution is 2.28. The predicted molar refractivity (Wildman–Crippen MR) is 54.1 cm³/mol. The van der Waals surface area contributed by atoms with Gasteiger partial charge in [-0.2, -0.15) is 0 Å². The van der Waals surface area contributed by atoms with Gasteiger partial charge in [0.15, 0.2) is 0 Å². The van der Waals surface area contributed by atoms with Crippen LogP contribution in [-0.4, -0.2) is 14.5 Å². The van der Waals surface area contributed by atoms with Gasteiger partial charge in [-0.15, -0.1) is 0 Å². The summed E-state index contributed by atoms with van der Waals surface area (Å²) in [5, 5.41) is 0. The van der Waals surface area contributed by atoms with Crippen molar-refractivity contribution >= 4 is 11.1 Å². The molecule has 2 atom stereocenters. The molecule has 3 heteroatoms. The van der Waals surface area contributed by atoms with Crippen molar-refractivity contribution in [1.82, 2.24) is 0 Å². The molecule has 2 nitrogen and oxygen atoms in total. The van der Waals surface area contributed by atoms with Gasteiger partial charge in [0.2, 0.25) is 0 Å². The molecular formula is C10H19O2S-. The summed E-state index contributed by atoms with van der Waals surface area (Å²) in [6, 6.07) is 0. The molecule has 1 rings (SSSR count). The summed E-state index contributed by atoms with van der Waals surface area (Å²) >= 11 is -1.85. The van der Waals surface area contributed by atoms with Crippen molar-refractivity contribution in [3.05, 3.63) is 0 Å². The van der Waals surface area contributed by atoms with Gasteiger partial charge in [0, 0.05) is 5.75 Å². The van der Waals surface area contributed by atoms with Crippen LogP contribution in [0, 0.1) is 11.8 Å². The Morgan fingerprint density at radius 1 is 1.38 bits per heavy atom. The summed E-state index contributed by atoms with van der Waals surface area (Å²) < 4.78 is 20.9. The lowest BCUT2D eigenvalue weighted by Crippen LogP contribution is -2.14. The molecule has 0 amide bonds. The van der Waals surface area contributed by atoms with Gasteiger partial charge >= 0.3 is 0 Å².